The highest BCUT2D eigenvalue weighted by molar-refractivity contribution is 5.77. The van der Waals surface area contributed by atoms with Crippen LogP contribution in [0.3, 0.4) is 0 Å². The van der Waals surface area contributed by atoms with Gasteiger partial charge in [0.1, 0.15) is 0 Å². The van der Waals surface area contributed by atoms with Crippen LogP contribution in [0, 0.1) is 17.8 Å². The summed E-state index contributed by atoms with van der Waals surface area (Å²) in [5.41, 5.74) is 0. The zero-order chi connectivity index (χ0) is 13.1. The van der Waals surface area contributed by atoms with Gasteiger partial charge in [-0.2, -0.15) is 8.78 Å². The molecule has 3 unspecified atom stereocenters. The molecule has 6 heteroatoms. The van der Waals surface area contributed by atoms with Crippen molar-refractivity contribution in [3.8, 4) is 0 Å². The van der Waals surface area contributed by atoms with Gasteiger partial charge in [0, 0.05) is 0 Å². The van der Waals surface area contributed by atoms with Gasteiger partial charge in [-0.3, -0.25) is 0 Å². The van der Waals surface area contributed by atoms with Gasteiger partial charge in [0.15, 0.2) is 6.61 Å². The zero-order valence-corrected chi connectivity index (χ0v) is 9.94. The number of esters is 2. The first-order chi connectivity index (χ1) is 8.56. The van der Waals surface area contributed by atoms with Crippen molar-refractivity contribution in [1.29, 1.82) is 0 Å². The second-order valence-corrected chi connectivity index (χ2v) is 5.03. The van der Waals surface area contributed by atoms with Crippen LogP contribution in [0.2, 0.25) is 0 Å². The molecule has 0 radical (unpaired) electrons. The summed E-state index contributed by atoms with van der Waals surface area (Å²) in [5.74, 6) is -0.668. The molecule has 2 fully saturated rings. The van der Waals surface area contributed by atoms with Crippen molar-refractivity contribution in [3.63, 3.8) is 0 Å². The van der Waals surface area contributed by atoms with E-state index in [0.29, 0.717) is 18.4 Å². The van der Waals surface area contributed by atoms with Crippen LogP contribution in [0.25, 0.3) is 0 Å². The van der Waals surface area contributed by atoms with E-state index in [9.17, 15) is 18.4 Å². The molecule has 2 saturated carbocycles. The lowest BCUT2D eigenvalue weighted by Gasteiger charge is -2.20. The second-order valence-electron chi connectivity index (χ2n) is 5.03. The SMILES string of the molecule is O=C(COC(=O)C(F)F)OCC1CC2CCC1C2. The lowest BCUT2D eigenvalue weighted by Crippen LogP contribution is -2.24. The van der Waals surface area contributed by atoms with Crippen LogP contribution in [0.5, 0.6) is 0 Å². The van der Waals surface area contributed by atoms with E-state index < -0.39 is 25.0 Å². The molecule has 0 heterocycles. The Morgan fingerprint density at radius 3 is 2.50 bits per heavy atom. The fourth-order valence-corrected chi connectivity index (χ4v) is 3.02. The zero-order valence-electron chi connectivity index (χ0n) is 9.94. The maximum Gasteiger partial charge on any atom is 0.374 e. The molecule has 2 aliphatic rings. The number of halogens is 2. The molecule has 0 aromatic rings. The van der Waals surface area contributed by atoms with Crippen LogP contribution in [-0.4, -0.2) is 31.6 Å². The molecule has 2 rings (SSSR count). The molecule has 0 saturated heterocycles. The summed E-state index contributed by atoms with van der Waals surface area (Å²) < 4.78 is 32.6. The third-order valence-electron chi connectivity index (χ3n) is 3.85. The standard InChI is InChI=1S/C12H16F2O4/c13-11(14)12(16)18-6-10(15)17-5-9-4-7-1-2-8(9)3-7/h7-9,11H,1-6H2. The van der Waals surface area contributed by atoms with Gasteiger partial charge in [0.05, 0.1) is 6.61 Å². The largest absolute Gasteiger partial charge is 0.463 e. The third-order valence-corrected chi connectivity index (χ3v) is 3.85. The van der Waals surface area contributed by atoms with Crippen molar-refractivity contribution in [3.05, 3.63) is 0 Å². The molecule has 3 atom stereocenters. The van der Waals surface area contributed by atoms with E-state index >= 15 is 0 Å². The number of rotatable bonds is 5. The minimum atomic E-state index is -3.21. The minimum absolute atomic E-state index is 0.312. The van der Waals surface area contributed by atoms with Crippen molar-refractivity contribution in [2.75, 3.05) is 13.2 Å². The summed E-state index contributed by atoms with van der Waals surface area (Å²) in [5, 5.41) is 0. The summed E-state index contributed by atoms with van der Waals surface area (Å²) in [6.07, 6.45) is 1.54. The number of alkyl halides is 2. The molecule has 0 spiro atoms. The van der Waals surface area contributed by atoms with E-state index in [0.717, 1.165) is 12.3 Å². The topological polar surface area (TPSA) is 52.6 Å². The molecule has 0 aromatic carbocycles. The maximum absolute atomic E-state index is 11.8. The van der Waals surface area contributed by atoms with Crippen LogP contribution < -0.4 is 0 Å². The van der Waals surface area contributed by atoms with E-state index in [4.69, 9.17) is 4.74 Å². The van der Waals surface area contributed by atoms with Crippen LogP contribution in [-0.2, 0) is 19.1 Å². The Morgan fingerprint density at radius 1 is 1.17 bits per heavy atom. The molecule has 2 bridgehead atoms. The van der Waals surface area contributed by atoms with Gasteiger partial charge in [-0.05, 0) is 37.0 Å². The van der Waals surface area contributed by atoms with Crippen molar-refractivity contribution >= 4 is 11.9 Å². The van der Waals surface area contributed by atoms with Crippen LogP contribution in [0.15, 0.2) is 0 Å². The number of fused-ring (bicyclic) bond motifs is 2. The minimum Gasteiger partial charge on any atom is -0.463 e. The second kappa shape index (κ2) is 5.63. The van der Waals surface area contributed by atoms with Crippen molar-refractivity contribution in [2.45, 2.75) is 32.1 Å². The summed E-state index contributed by atoms with van der Waals surface area (Å²) in [6.45, 7) is -0.420. The highest BCUT2D eigenvalue weighted by Gasteiger charge is 2.39. The summed E-state index contributed by atoms with van der Waals surface area (Å²) in [6, 6.07) is 0. The first-order valence-electron chi connectivity index (χ1n) is 6.16. The predicted octanol–water partition coefficient (Wildman–Crippen LogP) is 1.77. The van der Waals surface area contributed by atoms with E-state index in [1.807, 2.05) is 0 Å². The smallest absolute Gasteiger partial charge is 0.374 e. The highest BCUT2D eigenvalue weighted by Crippen LogP contribution is 2.48. The third kappa shape index (κ3) is 3.17. The Bertz CT molecular complexity index is 332. The van der Waals surface area contributed by atoms with Crippen molar-refractivity contribution < 1.29 is 27.8 Å². The lowest BCUT2D eigenvalue weighted by atomic mass is 9.90. The first-order valence-corrected chi connectivity index (χ1v) is 6.16. The van der Waals surface area contributed by atoms with E-state index in [1.54, 1.807) is 0 Å². The number of carbonyl (C=O) groups excluding carboxylic acids is 2. The summed E-state index contributed by atoms with van der Waals surface area (Å²) in [7, 11) is 0. The Balaban J connectivity index is 1.62. The lowest BCUT2D eigenvalue weighted by molar-refractivity contribution is -0.166. The predicted molar refractivity (Wildman–Crippen MR) is 56.9 cm³/mol. The molecule has 0 N–H and O–H groups in total. The molecular formula is C12H16F2O4. The highest BCUT2D eigenvalue weighted by atomic mass is 19.3. The van der Waals surface area contributed by atoms with Gasteiger partial charge >= 0.3 is 18.4 Å². The Morgan fingerprint density at radius 2 is 1.94 bits per heavy atom. The average Bonchev–Trinajstić information content (AvgIpc) is 2.95. The van der Waals surface area contributed by atoms with Gasteiger partial charge in [-0.1, -0.05) is 6.42 Å². The fraction of sp³-hybridized carbons (Fsp3) is 0.833. The Labute approximate surface area is 104 Å². The first kappa shape index (κ1) is 13.2. The summed E-state index contributed by atoms with van der Waals surface area (Å²) >= 11 is 0. The van der Waals surface area contributed by atoms with Gasteiger partial charge < -0.3 is 9.47 Å². The molecule has 0 aromatic heterocycles. The van der Waals surface area contributed by atoms with Gasteiger partial charge in [0.2, 0.25) is 0 Å². The van der Waals surface area contributed by atoms with E-state index in [1.165, 1.54) is 19.3 Å². The van der Waals surface area contributed by atoms with Gasteiger partial charge in [-0.25, -0.2) is 9.59 Å². The Hall–Kier alpha value is -1.20. The summed E-state index contributed by atoms with van der Waals surface area (Å²) in [4.78, 5) is 21.6. The molecule has 102 valence electrons. The molecule has 0 amide bonds. The average molecular weight is 262 g/mol. The molecule has 2 aliphatic carbocycles. The van der Waals surface area contributed by atoms with Crippen LogP contribution >= 0.6 is 0 Å². The number of hydrogen-bond donors (Lipinski definition) is 0. The number of hydrogen-bond acceptors (Lipinski definition) is 4. The molecule has 18 heavy (non-hydrogen) atoms. The quantitative estimate of drug-likeness (QED) is 0.709. The molecular weight excluding hydrogens is 246 g/mol. The fourth-order valence-electron chi connectivity index (χ4n) is 3.02. The van der Waals surface area contributed by atoms with Crippen molar-refractivity contribution in [1.82, 2.24) is 0 Å². The monoisotopic (exact) mass is 262 g/mol. The van der Waals surface area contributed by atoms with Gasteiger partial charge in [0.25, 0.3) is 0 Å². The van der Waals surface area contributed by atoms with E-state index in [2.05, 4.69) is 4.74 Å². The number of carbonyl (C=O) groups is 2. The van der Waals surface area contributed by atoms with Crippen LogP contribution in [0.4, 0.5) is 8.78 Å². The Kier molecular flexibility index (Phi) is 4.14. The molecule has 0 aliphatic heterocycles. The van der Waals surface area contributed by atoms with E-state index in [-0.39, 0.29) is 0 Å². The normalized spacial score (nSPS) is 29.6. The van der Waals surface area contributed by atoms with Gasteiger partial charge in [-0.15, -0.1) is 0 Å². The van der Waals surface area contributed by atoms with Crippen molar-refractivity contribution in [2.24, 2.45) is 17.8 Å². The number of ether oxygens (including phenoxy) is 2. The maximum atomic E-state index is 11.8. The van der Waals surface area contributed by atoms with Crippen LogP contribution in [0.1, 0.15) is 25.7 Å². The molecule has 4 nitrogen and oxygen atoms in total.